The van der Waals surface area contributed by atoms with E-state index in [9.17, 15) is 18.0 Å². The van der Waals surface area contributed by atoms with E-state index in [0.717, 1.165) is 34.1 Å². The summed E-state index contributed by atoms with van der Waals surface area (Å²) in [5.41, 5.74) is 3.81. The first-order chi connectivity index (χ1) is 15.4. The van der Waals surface area contributed by atoms with Gasteiger partial charge < -0.3 is 9.88 Å². The van der Waals surface area contributed by atoms with E-state index < -0.39 is 17.6 Å². The highest BCUT2D eigenvalue weighted by atomic mass is 19.4. The van der Waals surface area contributed by atoms with Crippen molar-refractivity contribution in [2.24, 2.45) is 0 Å². The summed E-state index contributed by atoms with van der Waals surface area (Å²) in [4.78, 5) is 22.1. The van der Waals surface area contributed by atoms with Crippen molar-refractivity contribution >= 4 is 11.6 Å². The number of carbonyl (C=O) groups is 1. The van der Waals surface area contributed by atoms with Crippen LogP contribution in [-0.4, -0.2) is 15.9 Å². The van der Waals surface area contributed by atoms with E-state index in [1.54, 1.807) is 12.4 Å². The van der Waals surface area contributed by atoms with Gasteiger partial charge in [0.2, 0.25) is 0 Å². The maximum Gasteiger partial charge on any atom is 0.416 e. The number of aromatic amines is 1. The van der Waals surface area contributed by atoms with Crippen LogP contribution in [0.3, 0.4) is 0 Å². The van der Waals surface area contributed by atoms with Crippen LogP contribution in [0.2, 0.25) is 0 Å². The molecule has 1 aliphatic heterocycles. The van der Waals surface area contributed by atoms with E-state index in [1.165, 1.54) is 17.0 Å². The minimum atomic E-state index is -4.53. The lowest BCUT2D eigenvalue weighted by molar-refractivity contribution is -0.138. The topological polar surface area (TPSA) is 49.0 Å². The molecule has 1 aliphatic rings. The van der Waals surface area contributed by atoms with Crippen LogP contribution in [-0.2, 0) is 12.7 Å². The third kappa shape index (κ3) is 3.17. The van der Waals surface area contributed by atoms with Gasteiger partial charge in [-0.2, -0.15) is 13.2 Å². The number of aryl methyl sites for hydroxylation is 1. The second-order valence-corrected chi connectivity index (χ2v) is 7.65. The van der Waals surface area contributed by atoms with E-state index in [4.69, 9.17) is 0 Å². The molecule has 4 aromatic rings. The van der Waals surface area contributed by atoms with Gasteiger partial charge in [0.15, 0.2) is 0 Å². The standard InChI is InChI=1S/C25H18F3N3O/c1-15-23(30-14-29-15)22-17(16-7-3-2-4-8-16)9-6-12-21(22)31-13-19-18(24(31)32)10-5-11-20(19)25(26,27)28/h2-12,14H,13H2,1H3,(H,29,30). The zero-order valence-corrected chi connectivity index (χ0v) is 17.1. The van der Waals surface area contributed by atoms with Gasteiger partial charge in [-0.3, -0.25) is 4.79 Å². The molecule has 0 fully saturated rings. The maximum absolute atomic E-state index is 13.6. The Morgan fingerprint density at radius 3 is 2.34 bits per heavy atom. The molecule has 160 valence electrons. The van der Waals surface area contributed by atoms with Crippen molar-refractivity contribution < 1.29 is 18.0 Å². The minimum Gasteiger partial charge on any atom is -0.344 e. The molecule has 32 heavy (non-hydrogen) atoms. The van der Waals surface area contributed by atoms with E-state index in [0.29, 0.717) is 5.69 Å². The molecule has 0 saturated heterocycles. The number of anilines is 1. The Labute approximate surface area is 182 Å². The number of nitrogens with one attached hydrogen (secondary N) is 1. The summed E-state index contributed by atoms with van der Waals surface area (Å²) >= 11 is 0. The molecule has 1 N–H and O–H groups in total. The van der Waals surface area contributed by atoms with Crippen molar-refractivity contribution in [2.75, 3.05) is 4.90 Å². The van der Waals surface area contributed by atoms with Crippen LogP contribution in [0.1, 0.15) is 27.2 Å². The number of H-pyrrole nitrogens is 1. The predicted octanol–water partition coefficient (Wildman–Crippen LogP) is 6.23. The van der Waals surface area contributed by atoms with E-state index >= 15 is 0 Å². The Hall–Kier alpha value is -3.87. The molecule has 0 unspecified atom stereocenters. The number of alkyl halides is 3. The highest BCUT2D eigenvalue weighted by Gasteiger charge is 2.40. The normalized spacial score (nSPS) is 13.5. The molecule has 0 saturated carbocycles. The number of aromatic nitrogens is 2. The fourth-order valence-electron chi connectivity index (χ4n) is 4.29. The van der Waals surface area contributed by atoms with Gasteiger partial charge in [0.05, 0.1) is 35.5 Å². The van der Waals surface area contributed by atoms with Gasteiger partial charge in [-0.25, -0.2) is 4.98 Å². The molecule has 3 aromatic carbocycles. The van der Waals surface area contributed by atoms with Crippen LogP contribution in [0.5, 0.6) is 0 Å². The lowest BCUT2D eigenvalue weighted by Gasteiger charge is -2.22. The molecule has 0 aliphatic carbocycles. The van der Waals surface area contributed by atoms with Crippen LogP contribution in [0.25, 0.3) is 22.4 Å². The summed E-state index contributed by atoms with van der Waals surface area (Å²) < 4.78 is 40.8. The monoisotopic (exact) mass is 433 g/mol. The van der Waals surface area contributed by atoms with Crippen molar-refractivity contribution in [3.63, 3.8) is 0 Å². The number of carbonyl (C=O) groups excluding carboxylic acids is 1. The number of halogens is 3. The fourth-order valence-corrected chi connectivity index (χ4v) is 4.29. The Morgan fingerprint density at radius 1 is 0.938 bits per heavy atom. The van der Waals surface area contributed by atoms with Crippen LogP contribution >= 0.6 is 0 Å². The highest BCUT2D eigenvalue weighted by Crippen LogP contribution is 2.44. The molecule has 5 rings (SSSR count). The van der Waals surface area contributed by atoms with Gasteiger partial charge in [-0.15, -0.1) is 0 Å². The number of amides is 1. The quantitative estimate of drug-likeness (QED) is 0.416. The first-order valence-electron chi connectivity index (χ1n) is 10.1. The molecule has 0 bridgehead atoms. The van der Waals surface area contributed by atoms with Crippen molar-refractivity contribution in [1.82, 2.24) is 9.97 Å². The number of nitrogens with zero attached hydrogens (tertiary/aromatic N) is 2. The number of imidazole rings is 1. The lowest BCUT2D eigenvalue weighted by Crippen LogP contribution is -2.24. The summed E-state index contributed by atoms with van der Waals surface area (Å²) in [6.45, 7) is 1.70. The molecule has 4 nitrogen and oxygen atoms in total. The molecule has 0 atom stereocenters. The fraction of sp³-hybridized carbons (Fsp3) is 0.120. The Kier molecular flexibility index (Phi) is 4.62. The summed E-state index contributed by atoms with van der Waals surface area (Å²) in [6.07, 6.45) is -2.96. The van der Waals surface area contributed by atoms with Gasteiger partial charge in [0.25, 0.3) is 5.91 Å². The predicted molar refractivity (Wildman–Crippen MR) is 116 cm³/mol. The molecule has 1 amide bonds. The molecule has 0 radical (unpaired) electrons. The van der Waals surface area contributed by atoms with E-state index in [2.05, 4.69) is 9.97 Å². The van der Waals surface area contributed by atoms with Gasteiger partial charge in [-0.05, 0) is 41.8 Å². The van der Waals surface area contributed by atoms with E-state index in [1.807, 2.05) is 49.4 Å². The number of benzene rings is 3. The molecular weight excluding hydrogens is 415 g/mol. The second kappa shape index (κ2) is 7.37. The zero-order chi connectivity index (χ0) is 22.5. The van der Waals surface area contributed by atoms with Crippen LogP contribution in [0, 0.1) is 6.92 Å². The summed E-state index contributed by atoms with van der Waals surface area (Å²) in [7, 11) is 0. The van der Waals surface area contributed by atoms with E-state index in [-0.39, 0.29) is 17.7 Å². The Morgan fingerprint density at radius 2 is 1.66 bits per heavy atom. The third-order valence-corrected chi connectivity index (χ3v) is 5.77. The van der Waals surface area contributed by atoms with Crippen molar-refractivity contribution in [1.29, 1.82) is 0 Å². The summed E-state index contributed by atoms with van der Waals surface area (Å²) in [6, 6.07) is 18.9. The van der Waals surface area contributed by atoms with Crippen molar-refractivity contribution in [3.05, 3.63) is 95.4 Å². The average Bonchev–Trinajstić information content (AvgIpc) is 3.36. The van der Waals surface area contributed by atoms with Crippen molar-refractivity contribution in [3.8, 4) is 22.4 Å². The van der Waals surface area contributed by atoms with Crippen LogP contribution in [0.15, 0.2) is 73.1 Å². The molecule has 7 heteroatoms. The van der Waals surface area contributed by atoms with Gasteiger partial charge in [0, 0.05) is 11.1 Å². The second-order valence-electron chi connectivity index (χ2n) is 7.65. The molecule has 0 spiro atoms. The first-order valence-corrected chi connectivity index (χ1v) is 10.1. The number of hydrogen-bond donors (Lipinski definition) is 1. The number of rotatable bonds is 3. The van der Waals surface area contributed by atoms with Gasteiger partial charge >= 0.3 is 6.18 Å². The first kappa shape index (κ1) is 20.1. The third-order valence-electron chi connectivity index (χ3n) is 5.77. The van der Waals surface area contributed by atoms with Gasteiger partial charge in [-0.1, -0.05) is 48.5 Å². The molecule has 2 heterocycles. The minimum absolute atomic E-state index is 0.00222. The van der Waals surface area contributed by atoms with Crippen molar-refractivity contribution in [2.45, 2.75) is 19.6 Å². The van der Waals surface area contributed by atoms with Crippen LogP contribution < -0.4 is 4.90 Å². The molecular formula is C25H18F3N3O. The molecule has 1 aromatic heterocycles. The lowest BCUT2D eigenvalue weighted by atomic mass is 9.94. The summed E-state index contributed by atoms with van der Waals surface area (Å²) in [5.74, 6) is -0.449. The Balaban J connectivity index is 1.72. The van der Waals surface area contributed by atoms with Crippen LogP contribution in [0.4, 0.5) is 18.9 Å². The number of hydrogen-bond acceptors (Lipinski definition) is 2. The van der Waals surface area contributed by atoms with Gasteiger partial charge in [0.1, 0.15) is 0 Å². The largest absolute Gasteiger partial charge is 0.416 e. The highest BCUT2D eigenvalue weighted by molar-refractivity contribution is 6.13. The summed E-state index contributed by atoms with van der Waals surface area (Å²) in [5, 5.41) is 0. The average molecular weight is 433 g/mol. The maximum atomic E-state index is 13.6. The Bertz CT molecular complexity index is 1330. The zero-order valence-electron chi connectivity index (χ0n) is 17.1. The smallest absolute Gasteiger partial charge is 0.344 e. The number of fused-ring (bicyclic) bond motifs is 1. The SMILES string of the molecule is Cc1nc[nH]c1-c1c(-c2ccccc2)cccc1N1Cc2c(cccc2C(F)(F)F)C1=O.